The molecule has 0 bridgehead atoms. The molecule has 8 heteroatoms. The first-order valence-corrected chi connectivity index (χ1v) is 7.71. The molecule has 0 saturated heterocycles. The van der Waals surface area contributed by atoms with E-state index < -0.39 is 5.54 Å². The second-order valence-electron chi connectivity index (χ2n) is 6.21. The number of halogens is 1. The molecule has 0 aliphatic carbocycles. The molecule has 1 amide bonds. The maximum Gasteiger partial charge on any atom is 0.277 e. The molecule has 2 aromatic rings. The number of nitrogens with two attached hydrogens (primary N) is 1. The third-order valence-electron chi connectivity index (χ3n) is 4.30. The molecule has 1 unspecified atom stereocenters. The van der Waals surface area contributed by atoms with Crippen LogP contribution in [-0.4, -0.2) is 33.0 Å². The first-order chi connectivity index (χ1) is 10.9. The molecule has 0 saturated carbocycles. The molecule has 3 N–H and O–H groups in total. The topological polar surface area (TPSA) is 103 Å². The minimum Gasteiger partial charge on any atom is -0.349 e. The highest BCUT2D eigenvalue weighted by Gasteiger charge is 2.28. The number of fused-ring (bicyclic) bond motifs is 1. The van der Waals surface area contributed by atoms with Gasteiger partial charge in [-0.05, 0) is 25.0 Å². The van der Waals surface area contributed by atoms with Crippen LogP contribution in [0.5, 0.6) is 0 Å². The molecule has 2 rings (SSSR count). The summed E-state index contributed by atoms with van der Waals surface area (Å²) < 4.78 is 1.22. The fourth-order valence-electron chi connectivity index (χ4n) is 2.19. The Balaban J connectivity index is 0.00000288. The normalized spacial score (nSPS) is 13.4. The Morgan fingerprint density at radius 3 is 2.67 bits per heavy atom. The van der Waals surface area contributed by atoms with Crippen LogP contribution in [0.4, 0.5) is 0 Å². The summed E-state index contributed by atoms with van der Waals surface area (Å²) in [6.07, 6.45) is 0.148. The van der Waals surface area contributed by atoms with E-state index in [1.54, 1.807) is 24.3 Å². The number of hydrogen-bond acceptors (Lipinski definition) is 5. The average Bonchev–Trinajstić information content (AvgIpc) is 2.54. The van der Waals surface area contributed by atoms with Crippen LogP contribution in [-0.2, 0) is 11.3 Å². The van der Waals surface area contributed by atoms with Gasteiger partial charge in [0.25, 0.3) is 5.56 Å². The van der Waals surface area contributed by atoms with Gasteiger partial charge < -0.3 is 11.1 Å². The molecule has 1 aromatic heterocycles. The second kappa shape index (κ2) is 8.21. The zero-order valence-electron chi connectivity index (χ0n) is 14.2. The molecule has 0 spiro atoms. The summed E-state index contributed by atoms with van der Waals surface area (Å²) in [6, 6.07) is 7.01. The lowest BCUT2D eigenvalue weighted by atomic mass is 9.88. The summed E-state index contributed by atoms with van der Waals surface area (Å²) >= 11 is 0. The molecule has 1 aromatic carbocycles. The van der Waals surface area contributed by atoms with Gasteiger partial charge in [-0.3, -0.25) is 9.59 Å². The van der Waals surface area contributed by atoms with Gasteiger partial charge in [-0.15, -0.1) is 17.5 Å². The van der Waals surface area contributed by atoms with Gasteiger partial charge in [0.2, 0.25) is 5.91 Å². The maximum atomic E-state index is 12.3. The van der Waals surface area contributed by atoms with Crippen molar-refractivity contribution in [3.63, 3.8) is 0 Å². The Morgan fingerprint density at radius 2 is 2.04 bits per heavy atom. The molecule has 7 nitrogen and oxygen atoms in total. The van der Waals surface area contributed by atoms with Crippen molar-refractivity contribution < 1.29 is 4.79 Å². The van der Waals surface area contributed by atoms with Crippen molar-refractivity contribution in [2.24, 2.45) is 11.7 Å². The van der Waals surface area contributed by atoms with Gasteiger partial charge >= 0.3 is 0 Å². The number of benzene rings is 1. The van der Waals surface area contributed by atoms with Crippen LogP contribution in [0.1, 0.15) is 27.2 Å². The largest absolute Gasteiger partial charge is 0.349 e. The number of nitrogens with one attached hydrogen (secondary N) is 1. The zero-order valence-corrected chi connectivity index (χ0v) is 15.0. The molecular weight excluding hydrogens is 330 g/mol. The average molecular weight is 354 g/mol. The molecule has 132 valence electrons. The van der Waals surface area contributed by atoms with Crippen molar-refractivity contribution in [1.29, 1.82) is 0 Å². The van der Waals surface area contributed by atoms with Gasteiger partial charge in [-0.1, -0.05) is 31.2 Å². The van der Waals surface area contributed by atoms with Crippen molar-refractivity contribution >= 4 is 29.2 Å². The zero-order chi connectivity index (χ0) is 17.0. The fraction of sp³-hybridized carbons (Fsp3) is 0.500. The number of rotatable bonds is 6. The number of aryl methyl sites for hydroxylation is 1. The smallest absolute Gasteiger partial charge is 0.277 e. The molecule has 0 radical (unpaired) electrons. The monoisotopic (exact) mass is 353 g/mol. The van der Waals surface area contributed by atoms with E-state index in [0.717, 1.165) is 0 Å². The predicted molar refractivity (Wildman–Crippen MR) is 96.1 cm³/mol. The Morgan fingerprint density at radius 1 is 1.38 bits per heavy atom. The highest BCUT2D eigenvalue weighted by Crippen LogP contribution is 2.14. The molecule has 0 aliphatic rings. The van der Waals surface area contributed by atoms with Crippen molar-refractivity contribution in [2.45, 2.75) is 39.3 Å². The summed E-state index contributed by atoms with van der Waals surface area (Å²) in [5.74, 6) is 0.0492. The number of hydrogen-bond donors (Lipinski definition) is 2. The van der Waals surface area contributed by atoms with Gasteiger partial charge in [-0.25, -0.2) is 4.68 Å². The van der Waals surface area contributed by atoms with Gasteiger partial charge in [0.15, 0.2) is 0 Å². The quantitative estimate of drug-likeness (QED) is 0.809. The Labute approximate surface area is 147 Å². The summed E-state index contributed by atoms with van der Waals surface area (Å²) in [5.41, 5.74) is 5.60. The standard InChI is InChI=1S/C16H23N5O2.ClH/c1-11(2)16(3,10-17)18-14(22)8-9-21-15(23)12-6-4-5-7-13(12)19-20-21;/h4-7,11H,8-10,17H2,1-3H3,(H,18,22);1H. The first kappa shape index (κ1) is 20.1. The van der Waals surface area contributed by atoms with E-state index in [9.17, 15) is 9.59 Å². The van der Waals surface area contributed by atoms with Crippen molar-refractivity contribution in [3.8, 4) is 0 Å². The van der Waals surface area contributed by atoms with E-state index >= 15 is 0 Å². The van der Waals surface area contributed by atoms with Crippen LogP contribution in [0.2, 0.25) is 0 Å². The first-order valence-electron chi connectivity index (χ1n) is 7.71. The van der Waals surface area contributed by atoms with E-state index in [1.807, 2.05) is 20.8 Å². The third kappa shape index (κ3) is 4.30. The summed E-state index contributed by atoms with van der Waals surface area (Å²) in [6.45, 7) is 6.46. The number of carbonyl (C=O) groups is 1. The maximum absolute atomic E-state index is 12.3. The minimum atomic E-state index is -0.461. The number of carbonyl (C=O) groups excluding carboxylic acids is 1. The van der Waals surface area contributed by atoms with Crippen LogP contribution < -0.4 is 16.6 Å². The fourth-order valence-corrected chi connectivity index (χ4v) is 2.19. The third-order valence-corrected chi connectivity index (χ3v) is 4.30. The minimum absolute atomic E-state index is 0. The van der Waals surface area contributed by atoms with Crippen LogP contribution in [0.15, 0.2) is 29.1 Å². The van der Waals surface area contributed by atoms with Gasteiger partial charge in [0, 0.05) is 13.0 Å². The number of nitrogens with zero attached hydrogens (tertiary/aromatic N) is 3. The second-order valence-corrected chi connectivity index (χ2v) is 6.21. The lowest BCUT2D eigenvalue weighted by Crippen LogP contribution is -2.55. The van der Waals surface area contributed by atoms with E-state index in [1.165, 1.54) is 4.68 Å². The van der Waals surface area contributed by atoms with E-state index in [2.05, 4.69) is 15.6 Å². The molecule has 0 aliphatic heterocycles. The van der Waals surface area contributed by atoms with Crippen molar-refractivity contribution in [1.82, 2.24) is 20.3 Å². The van der Waals surface area contributed by atoms with E-state index in [4.69, 9.17) is 5.73 Å². The van der Waals surface area contributed by atoms with Crippen molar-refractivity contribution in [3.05, 3.63) is 34.6 Å². The van der Waals surface area contributed by atoms with Gasteiger partial charge in [0.1, 0.15) is 5.52 Å². The Kier molecular flexibility index (Phi) is 6.86. The van der Waals surface area contributed by atoms with Crippen LogP contribution in [0.3, 0.4) is 0 Å². The summed E-state index contributed by atoms with van der Waals surface area (Å²) in [4.78, 5) is 24.4. The highest BCUT2D eigenvalue weighted by atomic mass is 35.5. The summed E-state index contributed by atoms with van der Waals surface area (Å²) in [7, 11) is 0. The van der Waals surface area contributed by atoms with Crippen LogP contribution in [0.25, 0.3) is 10.9 Å². The molecule has 1 heterocycles. The predicted octanol–water partition coefficient (Wildman–Crippen LogP) is 1.09. The number of aromatic nitrogens is 3. The highest BCUT2D eigenvalue weighted by molar-refractivity contribution is 5.85. The van der Waals surface area contributed by atoms with E-state index in [0.29, 0.717) is 17.4 Å². The van der Waals surface area contributed by atoms with Gasteiger partial charge in [-0.2, -0.15) is 0 Å². The molecular formula is C16H24ClN5O2. The van der Waals surface area contributed by atoms with Crippen molar-refractivity contribution in [2.75, 3.05) is 6.54 Å². The number of amides is 1. The molecule has 1 atom stereocenters. The van der Waals surface area contributed by atoms with Crippen LogP contribution in [0, 0.1) is 5.92 Å². The lowest BCUT2D eigenvalue weighted by Gasteiger charge is -2.33. The Bertz CT molecular complexity index is 761. The summed E-state index contributed by atoms with van der Waals surface area (Å²) in [5, 5.41) is 11.3. The lowest BCUT2D eigenvalue weighted by molar-refractivity contribution is -0.123. The molecule has 0 fully saturated rings. The van der Waals surface area contributed by atoms with E-state index in [-0.39, 0.29) is 42.8 Å². The van der Waals surface area contributed by atoms with Gasteiger partial charge in [0.05, 0.1) is 17.5 Å². The Hall–Kier alpha value is -1.99. The van der Waals surface area contributed by atoms with Crippen LogP contribution >= 0.6 is 12.4 Å². The molecule has 24 heavy (non-hydrogen) atoms. The SMILES string of the molecule is CC(C)C(C)(CN)NC(=O)CCn1nnc2ccccc2c1=O.Cl.